The fraction of sp³-hybridized carbons (Fsp3) is 0.222. The van der Waals surface area contributed by atoms with Crippen LogP contribution in [0.2, 0.25) is 0 Å². The van der Waals surface area contributed by atoms with Crippen LogP contribution in [0.1, 0.15) is 16.7 Å². The van der Waals surface area contributed by atoms with Crippen molar-refractivity contribution in [3.63, 3.8) is 0 Å². The molecule has 0 saturated heterocycles. The summed E-state index contributed by atoms with van der Waals surface area (Å²) in [5.41, 5.74) is 9.51. The average Bonchev–Trinajstić information content (AvgIpc) is 2.01. The molecule has 0 aliphatic rings. The van der Waals surface area contributed by atoms with E-state index in [2.05, 4.69) is 0 Å². The zero-order chi connectivity index (χ0) is 8.43. The maximum atomic E-state index is 7.05. The lowest BCUT2D eigenvalue weighted by Crippen LogP contribution is -1.97. The van der Waals surface area contributed by atoms with E-state index in [0.29, 0.717) is 0 Å². The first-order chi connectivity index (χ1) is 5.16. The van der Waals surface area contributed by atoms with Gasteiger partial charge in [0.1, 0.15) is 0 Å². The molecule has 0 saturated carbocycles. The van der Waals surface area contributed by atoms with Gasteiger partial charge in [-0.05, 0) is 25.0 Å². The number of anilines is 1. The Morgan fingerprint density at radius 1 is 1.36 bits per heavy atom. The van der Waals surface area contributed by atoms with Crippen LogP contribution in [0.3, 0.4) is 0 Å². The number of hydrogen-bond donors (Lipinski definition) is 2. The molecular weight excluding hydrogens is 136 g/mol. The molecule has 0 aliphatic heterocycles. The molecule has 0 spiro atoms. The minimum absolute atomic E-state index is 0.722. The molecular formula is C9H12N2. The van der Waals surface area contributed by atoms with Gasteiger partial charge in [-0.3, -0.25) is 0 Å². The third-order valence-corrected chi connectivity index (χ3v) is 1.97. The zero-order valence-corrected chi connectivity index (χ0v) is 6.81. The number of nitrogens with two attached hydrogens (primary N) is 1. The molecule has 0 amide bonds. The van der Waals surface area contributed by atoms with Crippen LogP contribution < -0.4 is 5.73 Å². The van der Waals surface area contributed by atoms with E-state index in [-0.39, 0.29) is 0 Å². The van der Waals surface area contributed by atoms with E-state index in [1.54, 1.807) is 0 Å². The van der Waals surface area contributed by atoms with E-state index < -0.39 is 0 Å². The van der Waals surface area contributed by atoms with Crippen molar-refractivity contribution in [3.8, 4) is 0 Å². The van der Waals surface area contributed by atoms with Gasteiger partial charge in [-0.1, -0.05) is 12.1 Å². The summed E-state index contributed by atoms with van der Waals surface area (Å²) in [6.07, 6.45) is 1.28. The molecule has 0 fully saturated rings. The molecule has 11 heavy (non-hydrogen) atoms. The summed E-state index contributed by atoms with van der Waals surface area (Å²) in [5.74, 6) is 0. The highest BCUT2D eigenvalue weighted by molar-refractivity contribution is 5.86. The first-order valence-corrected chi connectivity index (χ1v) is 3.53. The number of benzene rings is 1. The van der Waals surface area contributed by atoms with Crippen LogP contribution in [0.15, 0.2) is 12.1 Å². The molecule has 1 rings (SSSR count). The van der Waals surface area contributed by atoms with Crippen molar-refractivity contribution in [1.29, 1.82) is 5.41 Å². The van der Waals surface area contributed by atoms with Gasteiger partial charge in [-0.2, -0.15) is 0 Å². The van der Waals surface area contributed by atoms with Gasteiger partial charge in [0.2, 0.25) is 0 Å². The molecule has 2 nitrogen and oxygen atoms in total. The van der Waals surface area contributed by atoms with Gasteiger partial charge in [0.25, 0.3) is 0 Å². The van der Waals surface area contributed by atoms with E-state index in [0.717, 1.165) is 16.8 Å². The van der Waals surface area contributed by atoms with Gasteiger partial charge < -0.3 is 11.1 Å². The first-order valence-electron chi connectivity index (χ1n) is 3.53. The van der Waals surface area contributed by atoms with Gasteiger partial charge in [-0.25, -0.2) is 0 Å². The fourth-order valence-electron chi connectivity index (χ4n) is 0.984. The van der Waals surface area contributed by atoms with Crippen molar-refractivity contribution in [1.82, 2.24) is 0 Å². The Morgan fingerprint density at radius 2 is 2.00 bits per heavy atom. The summed E-state index contributed by atoms with van der Waals surface area (Å²) in [6, 6.07) is 3.84. The third-order valence-electron chi connectivity index (χ3n) is 1.97. The zero-order valence-electron chi connectivity index (χ0n) is 6.81. The van der Waals surface area contributed by atoms with Crippen molar-refractivity contribution in [2.75, 3.05) is 5.73 Å². The smallest absolute Gasteiger partial charge is 0.0435 e. The molecule has 0 atom stereocenters. The third kappa shape index (κ3) is 1.24. The summed E-state index contributed by atoms with van der Waals surface area (Å²) >= 11 is 0. The molecule has 0 aliphatic carbocycles. The quantitative estimate of drug-likeness (QED) is 0.463. The van der Waals surface area contributed by atoms with Crippen LogP contribution >= 0.6 is 0 Å². The van der Waals surface area contributed by atoms with Gasteiger partial charge in [-0.15, -0.1) is 0 Å². The Labute approximate surface area is 66.6 Å². The number of nitrogens with one attached hydrogen (secondary N) is 1. The monoisotopic (exact) mass is 148 g/mol. The Morgan fingerprint density at radius 3 is 2.55 bits per heavy atom. The molecule has 0 aromatic heterocycles. The van der Waals surface area contributed by atoms with Crippen molar-refractivity contribution in [2.24, 2.45) is 0 Å². The molecule has 0 radical (unpaired) electrons. The number of rotatable bonds is 1. The number of aryl methyl sites for hydroxylation is 1. The van der Waals surface area contributed by atoms with E-state index in [1.807, 2.05) is 26.0 Å². The molecule has 58 valence electrons. The first kappa shape index (κ1) is 7.79. The molecule has 1 aromatic rings. The van der Waals surface area contributed by atoms with E-state index >= 15 is 0 Å². The predicted molar refractivity (Wildman–Crippen MR) is 48.2 cm³/mol. The van der Waals surface area contributed by atoms with Crippen LogP contribution in [-0.4, -0.2) is 6.21 Å². The summed E-state index contributed by atoms with van der Waals surface area (Å²) in [6.45, 7) is 3.98. The Hall–Kier alpha value is -1.31. The summed E-state index contributed by atoms with van der Waals surface area (Å²) in [4.78, 5) is 0. The highest BCUT2D eigenvalue weighted by atomic mass is 14.6. The lowest BCUT2D eigenvalue weighted by Gasteiger charge is -2.06. The van der Waals surface area contributed by atoms with E-state index in [1.165, 1.54) is 11.8 Å². The summed E-state index contributed by atoms with van der Waals surface area (Å²) < 4.78 is 0. The minimum Gasteiger partial charge on any atom is -0.398 e. The molecule has 1 aromatic carbocycles. The Balaban J connectivity index is 3.36. The van der Waals surface area contributed by atoms with Crippen LogP contribution in [0, 0.1) is 19.3 Å². The lowest BCUT2D eigenvalue weighted by molar-refractivity contribution is 1.34. The SMILES string of the molecule is Cc1ccc(C=N)c(N)c1C. The molecule has 0 unspecified atom stereocenters. The van der Waals surface area contributed by atoms with Crippen molar-refractivity contribution >= 4 is 11.9 Å². The number of hydrogen-bond acceptors (Lipinski definition) is 2. The van der Waals surface area contributed by atoms with Gasteiger partial charge in [0, 0.05) is 17.5 Å². The molecule has 0 heterocycles. The summed E-state index contributed by atoms with van der Waals surface area (Å²) in [7, 11) is 0. The molecule has 3 N–H and O–H groups in total. The Bertz CT molecular complexity index is 290. The molecule has 0 bridgehead atoms. The second-order valence-electron chi connectivity index (χ2n) is 2.65. The fourth-order valence-corrected chi connectivity index (χ4v) is 0.984. The highest BCUT2D eigenvalue weighted by Gasteiger charge is 2.00. The highest BCUT2D eigenvalue weighted by Crippen LogP contribution is 2.18. The number of nitrogen functional groups attached to an aromatic ring is 1. The van der Waals surface area contributed by atoms with E-state index in [4.69, 9.17) is 11.1 Å². The second kappa shape index (κ2) is 2.74. The predicted octanol–water partition coefficient (Wildman–Crippen LogP) is 1.88. The topological polar surface area (TPSA) is 49.9 Å². The lowest BCUT2D eigenvalue weighted by atomic mass is 10.0. The van der Waals surface area contributed by atoms with Crippen LogP contribution in [-0.2, 0) is 0 Å². The maximum absolute atomic E-state index is 7.05. The standard InChI is InChI=1S/C9H12N2/c1-6-3-4-8(5-10)9(11)7(6)2/h3-5,10H,11H2,1-2H3. The van der Waals surface area contributed by atoms with Crippen LogP contribution in [0.4, 0.5) is 5.69 Å². The maximum Gasteiger partial charge on any atom is 0.0435 e. The van der Waals surface area contributed by atoms with Gasteiger partial charge in [0.05, 0.1) is 0 Å². The minimum atomic E-state index is 0.722. The van der Waals surface area contributed by atoms with Crippen molar-refractivity contribution < 1.29 is 0 Å². The second-order valence-corrected chi connectivity index (χ2v) is 2.65. The largest absolute Gasteiger partial charge is 0.398 e. The van der Waals surface area contributed by atoms with Gasteiger partial charge >= 0.3 is 0 Å². The average molecular weight is 148 g/mol. The van der Waals surface area contributed by atoms with Crippen molar-refractivity contribution in [3.05, 3.63) is 28.8 Å². The van der Waals surface area contributed by atoms with Crippen molar-refractivity contribution in [2.45, 2.75) is 13.8 Å². The van der Waals surface area contributed by atoms with Crippen LogP contribution in [0.5, 0.6) is 0 Å². The van der Waals surface area contributed by atoms with Gasteiger partial charge in [0.15, 0.2) is 0 Å². The normalized spacial score (nSPS) is 9.64. The van der Waals surface area contributed by atoms with E-state index in [9.17, 15) is 0 Å². The summed E-state index contributed by atoms with van der Waals surface area (Å²) in [5, 5.41) is 7.05. The Kier molecular flexibility index (Phi) is 1.94. The molecule has 2 heteroatoms. The van der Waals surface area contributed by atoms with Crippen LogP contribution in [0.25, 0.3) is 0 Å².